The van der Waals surface area contributed by atoms with Gasteiger partial charge in [-0.05, 0) is 38.0 Å². The number of unbranched alkanes of at least 4 members (excludes halogenated alkanes) is 6. The van der Waals surface area contributed by atoms with Crippen molar-refractivity contribution in [2.45, 2.75) is 124 Å². The summed E-state index contributed by atoms with van der Waals surface area (Å²) < 4.78 is 6.05. The van der Waals surface area contributed by atoms with Crippen LogP contribution in [0.3, 0.4) is 0 Å². The van der Waals surface area contributed by atoms with Gasteiger partial charge in [-0.25, -0.2) is 0 Å². The topological polar surface area (TPSA) is 12.5 Å². The van der Waals surface area contributed by atoms with E-state index < -0.39 is 0 Å². The van der Waals surface area contributed by atoms with Crippen LogP contribution in [0.25, 0.3) is 0 Å². The lowest BCUT2D eigenvalue weighted by atomic mass is 9.93. The van der Waals surface area contributed by atoms with Crippen LogP contribution in [0.4, 0.5) is 0 Å². The Morgan fingerprint density at radius 2 is 1.45 bits per heavy atom. The van der Waals surface area contributed by atoms with Crippen LogP contribution >= 0.6 is 0 Å². The molecule has 170 valence electrons. The molecule has 1 aliphatic heterocycles. The summed E-state index contributed by atoms with van der Waals surface area (Å²) in [6.07, 6.45) is 19.3. The third-order valence-corrected chi connectivity index (χ3v) is 6.44. The molecule has 0 radical (unpaired) electrons. The Morgan fingerprint density at radius 3 is 2.00 bits per heavy atom. The first-order valence-electron chi connectivity index (χ1n) is 13.0. The van der Waals surface area contributed by atoms with Gasteiger partial charge in [0.05, 0.1) is 6.10 Å². The van der Waals surface area contributed by atoms with E-state index in [1.807, 2.05) is 0 Å². The summed E-state index contributed by atoms with van der Waals surface area (Å²) in [7, 11) is 0. The second-order valence-electron chi connectivity index (χ2n) is 9.39. The molecular weight excluding hydrogens is 354 g/mol. The Kier molecular flexibility index (Phi) is 16.7. The van der Waals surface area contributed by atoms with Crippen molar-refractivity contribution >= 4 is 0 Å². The monoisotopic (exact) mass is 405 g/mol. The molecule has 2 heteroatoms. The fourth-order valence-electron chi connectivity index (χ4n) is 4.55. The van der Waals surface area contributed by atoms with Crippen LogP contribution in [0.15, 0.2) is 0 Å². The first kappa shape index (κ1) is 26.5. The van der Waals surface area contributed by atoms with Gasteiger partial charge in [0.15, 0.2) is 0 Å². The van der Waals surface area contributed by atoms with E-state index in [9.17, 15) is 0 Å². The number of piperidine rings is 1. The van der Waals surface area contributed by atoms with Crippen LogP contribution in [-0.4, -0.2) is 37.2 Å². The van der Waals surface area contributed by atoms with Gasteiger partial charge in [0, 0.05) is 25.6 Å². The molecule has 0 amide bonds. The largest absolute Gasteiger partial charge is 0.365 e. The third-order valence-electron chi connectivity index (χ3n) is 6.44. The van der Waals surface area contributed by atoms with Gasteiger partial charge in [0.25, 0.3) is 0 Å². The zero-order valence-corrected chi connectivity index (χ0v) is 20.3. The summed E-state index contributed by atoms with van der Waals surface area (Å²) >= 11 is 0. The minimum absolute atomic E-state index is 0.426. The molecule has 0 N–H and O–H groups in total. The van der Waals surface area contributed by atoms with E-state index in [0.717, 1.165) is 5.92 Å². The van der Waals surface area contributed by atoms with Gasteiger partial charge in [0.2, 0.25) is 0 Å². The van der Waals surface area contributed by atoms with Crippen molar-refractivity contribution in [3.63, 3.8) is 0 Å². The summed E-state index contributed by atoms with van der Waals surface area (Å²) in [6, 6.07) is 0. The van der Waals surface area contributed by atoms with Gasteiger partial charge >= 0.3 is 0 Å². The lowest BCUT2D eigenvalue weighted by Crippen LogP contribution is -2.39. The zero-order chi connectivity index (χ0) is 21.2. The van der Waals surface area contributed by atoms with Crippen molar-refractivity contribution in [2.24, 2.45) is 11.8 Å². The van der Waals surface area contributed by atoms with Gasteiger partial charge in [-0.1, -0.05) is 97.3 Å². The number of hydrogen-bond donors (Lipinski definition) is 0. The van der Waals surface area contributed by atoms with Gasteiger partial charge in [-0.2, -0.15) is 0 Å². The molecule has 0 aliphatic carbocycles. The van der Waals surface area contributed by atoms with Crippen LogP contribution in [0.2, 0.25) is 0 Å². The first-order chi connectivity index (χ1) is 14.2. The molecule has 2 nitrogen and oxygen atoms in total. The molecule has 0 aromatic heterocycles. The van der Waals surface area contributed by atoms with Crippen molar-refractivity contribution in [1.29, 1.82) is 0 Å². The maximum absolute atomic E-state index is 6.05. The summed E-state index contributed by atoms with van der Waals surface area (Å²) in [6.45, 7) is 13.4. The molecule has 1 fully saturated rings. The fourth-order valence-corrected chi connectivity index (χ4v) is 4.55. The van der Waals surface area contributed by atoms with Gasteiger partial charge in [-0.15, -0.1) is 0 Å². The Labute approximate surface area is 183 Å². The predicted octanol–water partition coefficient (Wildman–Crippen LogP) is 7.46. The number of nitrogens with zero attached hydrogens (tertiary/aromatic N) is 1. The lowest BCUT2D eigenvalue weighted by molar-refractivity contribution is 0.0199. The van der Waals surface area contributed by atoms with E-state index >= 15 is 0 Å². The maximum atomic E-state index is 6.05. The third kappa shape index (κ3) is 14.2. The van der Waals surface area contributed by atoms with Crippen molar-refractivity contribution < 1.29 is 4.74 Å². The average molecular weight is 406 g/mol. The molecule has 1 heterocycles. The summed E-state index contributed by atoms with van der Waals surface area (Å²) in [4.78, 5) is 2.72. The van der Waals surface area contributed by atoms with E-state index in [4.69, 9.17) is 4.74 Å². The Bertz CT molecular complexity index is 404. The van der Waals surface area contributed by atoms with Crippen molar-refractivity contribution in [3.05, 3.63) is 0 Å². The van der Waals surface area contributed by atoms with Crippen LogP contribution in [0, 0.1) is 23.7 Å². The lowest BCUT2D eigenvalue weighted by Gasteiger charge is -2.34. The van der Waals surface area contributed by atoms with E-state index in [-0.39, 0.29) is 0 Å². The van der Waals surface area contributed by atoms with Gasteiger partial charge < -0.3 is 9.64 Å². The molecule has 0 spiro atoms. The number of rotatable bonds is 16. The standard InChI is InChI=1S/C27H51NO/c1-5-8-10-12-17-26(18-13-11-9-6-2)24-28-21-19-27(20-22-28)29-23-14-16-25(4)15-7-3/h25-27H,5-13,15,17-24H2,1-4H3. The SMILES string of the molecule is CCCCCCC(CCCCCC)CN1CCC(OCC#CC(C)CCC)CC1. The van der Waals surface area contributed by atoms with Crippen LogP contribution in [0.1, 0.15) is 118 Å². The van der Waals surface area contributed by atoms with E-state index in [1.54, 1.807) is 0 Å². The Hall–Kier alpha value is -0.520. The molecule has 1 rings (SSSR count). The van der Waals surface area contributed by atoms with Gasteiger partial charge in [-0.3, -0.25) is 0 Å². The highest BCUT2D eigenvalue weighted by atomic mass is 16.5. The van der Waals surface area contributed by atoms with Gasteiger partial charge in [0.1, 0.15) is 6.61 Å². The van der Waals surface area contributed by atoms with Crippen molar-refractivity contribution in [2.75, 3.05) is 26.2 Å². The average Bonchev–Trinajstić information content (AvgIpc) is 2.73. The number of ether oxygens (including phenoxy) is 1. The number of likely N-dealkylation sites (tertiary alicyclic amines) is 1. The molecule has 1 saturated heterocycles. The maximum Gasteiger partial charge on any atom is 0.108 e. The molecule has 0 bridgehead atoms. The quantitative estimate of drug-likeness (QED) is 0.195. The second kappa shape index (κ2) is 18.3. The molecule has 0 aromatic rings. The molecule has 1 unspecified atom stereocenters. The van der Waals surface area contributed by atoms with Crippen molar-refractivity contribution in [1.82, 2.24) is 4.90 Å². The molecule has 0 saturated carbocycles. The minimum atomic E-state index is 0.426. The summed E-state index contributed by atoms with van der Waals surface area (Å²) in [5.41, 5.74) is 0. The summed E-state index contributed by atoms with van der Waals surface area (Å²) in [5, 5.41) is 0. The molecule has 0 aromatic carbocycles. The summed E-state index contributed by atoms with van der Waals surface area (Å²) in [5.74, 6) is 7.99. The van der Waals surface area contributed by atoms with Crippen LogP contribution in [0.5, 0.6) is 0 Å². The first-order valence-corrected chi connectivity index (χ1v) is 13.0. The second-order valence-corrected chi connectivity index (χ2v) is 9.39. The van der Waals surface area contributed by atoms with E-state index in [2.05, 4.69) is 44.4 Å². The Morgan fingerprint density at radius 1 is 0.828 bits per heavy atom. The fraction of sp³-hybridized carbons (Fsp3) is 0.926. The number of hydrogen-bond acceptors (Lipinski definition) is 2. The van der Waals surface area contributed by atoms with E-state index in [0.29, 0.717) is 18.6 Å². The van der Waals surface area contributed by atoms with Crippen molar-refractivity contribution in [3.8, 4) is 11.8 Å². The minimum Gasteiger partial charge on any atom is -0.365 e. The molecule has 1 atom stereocenters. The molecular formula is C27H51NO. The predicted molar refractivity (Wildman–Crippen MR) is 128 cm³/mol. The van der Waals surface area contributed by atoms with E-state index in [1.165, 1.54) is 110 Å². The van der Waals surface area contributed by atoms with Crippen LogP contribution in [-0.2, 0) is 4.74 Å². The molecule has 1 aliphatic rings. The highest BCUT2D eigenvalue weighted by Gasteiger charge is 2.21. The highest BCUT2D eigenvalue weighted by Crippen LogP contribution is 2.22. The smallest absolute Gasteiger partial charge is 0.108 e. The Balaban J connectivity index is 2.27. The normalized spacial score (nSPS) is 16.7. The highest BCUT2D eigenvalue weighted by molar-refractivity contribution is 5.02. The zero-order valence-electron chi connectivity index (χ0n) is 20.3. The van der Waals surface area contributed by atoms with Crippen LogP contribution < -0.4 is 0 Å². The molecule has 29 heavy (non-hydrogen) atoms.